The molecule has 106 valence electrons. The fourth-order valence-corrected chi connectivity index (χ4v) is 2.22. The molecule has 0 aliphatic carbocycles. The molecule has 0 aliphatic rings. The monoisotopic (exact) mass is 284 g/mol. The van der Waals surface area contributed by atoms with Gasteiger partial charge in [0, 0.05) is 11.6 Å². The minimum Gasteiger partial charge on any atom is -0.507 e. The molecule has 0 bridgehead atoms. The summed E-state index contributed by atoms with van der Waals surface area (Å²) >= 11 is 0. The largest absolute Gasteiger partial charge is 0.507 e. The molecule has 1 aromatic heterocycles. The summed E-state index contributed by atoms with van der Waals surface area (Å²) in [5, 5.41) is 20.8. The second-order valence-electron chi connectivity index (χ2n) is 4.49. The minimum atomic E-state index is -0.716. The number of rotatable bonds is 2. The summed E-state index contributed by atoms with van der Waals surface area (Å²) in [6, 6.07) is 11.1. The van der Waals surface area contributed by atoms with Crippen molar-refractivity contribution in [1.29, 1.82) is 0 Å². The maximum absolute atomic E-state index is 12.1. The van der Waals surface area contributed by atoms with Crippen molar-refractivity contribution in [2.75, 3.05) is 7.11 Å². The Hall–Kier alpha value is -2.95. The fraction of sp³-hybridized carbons (Fsp3) is 0.0625. The van der Waals surface area contributed by atoms with Gasteiger partial charge in [-0.1, -0.05) is 12.1 Å². The predicted octanol–water partition coefficient (Wildman–Crippen LogP) is 2.88. The van der Waals surface area contributed by atoms with Gasteiger partial charge < -0.3 is 19.4 Å². The third-order valence-electron chi connectivity index (χ3n) is 3.26. The van der Waals surface area contributed by atoms with Crippen molar-refractivity contribution in [2.45, 2.75) is 0 Å². The summed E-state index contributed by atoms with van der Waals surface area (Å²) in [5.74, 6) is 0.0514. The quantitative estimate of drug-likeness (QED) is 0.707. The van der Waals surface area contributed by atoms with E-state index in [1.165, 1.54) is 19.2 Å². The van der Waals surface area contributed by atoms with Crippen LogP contribution in [0, 0.1) is 0 Å². The third kappa shape index (κ3) is 2.08. The average molecular weight is 284 g/mol. The molecular weight excluding hydrogens is 272 g/mol. The first-order chi connectivity index (χ1) is 10.1. The Morgan fingerprint density at radius 3 is 2.57 bits per heavy atom. The van der Waals surface area contributed by atoms with E-state index in [-0.39, 0.29) is 28.2 Å². The highest BCUT2D eigenvalue weighted by atomic mass is 16.5. The summed E-state index contributed by atoms with van der Waals surface area (Å²) in [5.41, 5.74) is -0.315. The standard InChI is InChI=1S/C16H12O5/c1-20-9-6-7-10(12(17)8-9)14-15(18)11-4-2-3-5-13(11)21-16(14)19/h2-8,17-18H,1H3. The van der Waals surface area contributed by atoms with E-state index in [2.05, 4.69) is 0 Å². The van der Waals surface area contributed by atoms with Crippen molar-refractivity contribution in [3.63, 3.8) is 0 Å². The second-order valence-corrected chi connectivity index (χ2v) is 4.49. The summed E-state index contributed by atoms with van der Waals surface area (Å²) in [4.78, 5) is 12.1. The van der Waals surface area contributed by atoms with Crippen molar-refractivity contribution in [1.82, 2.24) is 0 Å². The van der Waals surface area contributed by atoms with E-state index in [1.807, 2.05) is 0 Å². The molecule has 1 heterocycles. The topological polar surface area (TPSA) is 79.9 Å². The van der Waals surface area contributed by atoms with Crippen LogP contribution in [0.15, 0.2) is 51.7 Å². The molecular formula is C16H12O5. The van der Waals surface area contributed by atoms with Crippen molar-refractivity contribution >= 4 is 11.0 Å². The molecule has 0 unspecified atom stereocenters. The minimum absolute atomic E-state index is 0.0751. The maximum atomic E-state index is 12.1. The number of phenols is 1. The molecule has 0 aliphatic heterocycles. The Labute approximate surface area is 119 Å². The first kappa shape index (κ1) is 13.1. The van der Waals surface area contributed by atoms with Crippen molar-refractivity contribution < 1.29 is 19.4 Å². The van der Waals surface area contributed by atoms with Crippen LogP contribution in [0.25, 0.3) is 22.1 Å². The number of phenolic OH excluding ortho intramolecular Hbond substituents is 1. The Bertz CT molecular complexity index is 879. The zero-order valence-corrected chi connectivity index (χ0v) is 11.2. The molecule has 2 N–H and O–H groups in total. The van der Waals surface area contributed by atoms with E-state index < -0.39 is 5.63 Å². The molecule has 21 heavy (non-hydrogen) atoms. The molecule has 0 atom stereocenters. The molecule has 0 radical (unpaired) electrons. The van der Waals surface area contributed by atoms with Gasteiger partial charge in [-0.15, -0.1) is 0 Å². The number of ether oxygens (including phenoxy) is 1. The van der Waals surface area contributed by atoms with Gasteiger partial charge in [0.25, 0.3) is 0 Å². The molecule has 5 nitrogen and oxygen atoms in total. The van der Waals surface area contributed by atoms with Gasteiger partial charge in [0.15, 0.2) is 0 Å². The van der Waals surface area contributed by atoms with Crippen LogP contribution in [-0.2, 0) is 0 Å². The van der Waals surface area contributed by atoms with Crippen LogP contribution in [0.3, 0.4) is 0 Å². The van der Waals surface area contributed by atoms with E-state index >= 15 is 0 Å². The van der Waals surface area contributed by atoms with Crippen LogP contribution in [0.2, 0.25) is 0 Å². The van der Waals surface area contributed by atoms with Gasteiger partial charge in [-0.05, 0) is 24.3 Å². The first-order valence-corrected chi connectivity index (χ1v) is 6.24. The van der Waals surface area contributed by atoms with Crippen LogP contribution < -0.4 is 10.4 Å². The van der Waals surface area contributed by atoms with E-state index in [0.717, 1.165) is 0 Å². The lowest BCUT2D eigenvalue weighted by molar-refractivity contribution is 0.408. The third-order valence-corrected chi connectivity index (χ3v) is 3.26. The number of aromatic hydroxyl groups is 2. The van der Waals surface area contributed by atoms with Gasteiger partial charge >= 0.3 is 5.63 Å². The zero-order valence-electron chi connectivity index (χ0n) is 11.2. The highest BCUT2D eigenvalue weighted by Gasteiger charge is 2.18. The maximum Gasteiger partial charge on any atom is 0.348 e. The first-order valence-electron chi connectivity index (χ1n) is 6.24. The number of methoxy groups -OCH3 is 1. The highest BCUT2D eigenvalue weighted by Crippen LogP contribution is 2.38. The van der Waals surface area contributed by atoms with Gasteiger partial charge in [-0.25, -0.2) is 4.79 Å². The van der Waals surface area contributed by atoms with Gasteiger partial charge in [-0.2, -0.15) is 0 Å². The molecule has 0 spiro atoms. The lowest BCUT2D eigenvalue weighted by Gasteiger charge is -2.09. The Morgan fingerprint density at radius 2 is 1.86 bits per heavy atom. The molecule has 0 saturated carbocycles. The lowest BCUT2D eigenvalue weighted by atomic mass is 10.0. The van der Waals surface area contributed by atoms with E-state index in [0.29, 0.717) is 11.1 Å². The number of fused-ring (bicyclic) bond motifs is 1. The fourth-order valence-electron chi connectivity index (χ4n) is 2.22. The van der Waals surface area contributed by atoms with Crippen LogP contribution in [-0.4, -0.2) is 17.3 Å². The van der Waals surface area contributed by atoms with Crippen LogP contribution in [0.5, 0.6) is 17.2 Å². The van der Waals surface area contributed by atoms with Crippen molar-refractivity contribution in [2.24, 2.45) is 0 Å². The van der Waals surface area contributed by atoms with Gasteiger partial charge in [0.1, 0.15) is 28.4 Å². The molecule has 0 saturated heterocycles. The van der Waals surface area contributed by atoms with Gasteiger partial charge in [-0.3, -0.25) is 0 Å². The van der Waals surface area contributed by atoms with Crippen LogP contribution in [0.4, 0.5) is 0 Å². The highest BCUT2D eigenvalue weighted by molar-refractivity contribution is 5.91. The molecule has 2 aromatic carbocycles. The predicted molar refractivity (Wildman–Crippen MR) is 77.8 cm³/mol. The molecule has 5 heteroatoms. The van der Waals surface area contributed by atoms with Crippen LogP contribution in [0.1, 0.15) is 0 Å². The summed E-state index contributed by atoms with van der Waals surface area (Å²) in [6.07, 6.45) is 0. The van der Waals surface area contributed by atoms with Gasteiger partial charge in [0.05, 0.1) is 12.5 Å². The zero-order chi connectivity index (χ0) is 15.0. The smallest absolute Gasteiger partial charge is 0.348 e. The molecule has 0 amide bonds. The Kier molecular flexibility index (Phi) is 3.02. The number of hydrogen-bond donors (Lipinski definition) is 2. The summed E-state index contributed by atoms with van der Waals surface area (Å²) in [6.45, 7) is 0. The van der Waals surface area contributed by atoms with E-state index in [9.17, 15) is 15.0 Å². The number of para-hydroxylation sites is 1. The summed E-state index contributed by atoms with van der Waals surface area (Å²) < 4.78 is 10.2. The van der Waals surface area contributed by atoms with Crippen LogP contribution >= 0.6 is 0 Å². The van der Waals surface area contributed by atoms with Gasteiger partial charge in [0.2, 0.25) is 0 Å². The second kappa shape index (κ2) is 4.86. The Balaban J connectivity index is 2.32. The number of benzene rings is 2. The average Bonchev–Trinajstić information content (AvgIpc) is 2.48. The molecule has 3 aromatic rings. The summed E-state index contributed by atoms with van der Waals surface area (Å²) in [7, 11) is 1.47. The normalized spacial score (nSPS) is 10.7. The lowest BCUT2D eigenvalue weighted by Crippen LogP contribution is -2.03. The van der Waals surface area contributed by atoms with Crippen molar-refractivity contribution in [3.05, 3.63) is 52.9 Å². The van der Waals surface area contributed by atoms with E-state index in [1.54, 1.807) is 30.3 Å². The number of hydrogen-bond acceptors (Lipinski definition) is 5. The van der Waals surface area contributed by atoms with Crippen molar-refractivity contribution in [3.8, 4) is 28.4 Å². The Morgan fingerprint density at radius 1 is 1.10 bits per heavy atom. The van der Waals surface area contributed by atoms with E-state index in [4.69, 9.17) is 9.15 Å². The molecule has 3 rings (SSSR count). The SMILES string of the molecule is COc1ccc(-c2c(O)c3ccccc3oc2=O)c(O)c1. The molecule has 0 fully saturated rings.